The molecule has 1 rings (SSSR count). The van der Waals surface area contributed by atoms with Gasteiger partial charge in [0.05, 0.1) is 6.61 Å². The SMILES string of the molecule is CCOC(=O)C(N)CN1CCCC1CN(C)C. The summed E-state index contributed by atoms with van der Waals surface area (Å²) in [5.41, 5.74) is 5.85. The fourth-order valence-corrected chi connectivity index (χ4v) is 2.34. The second-order valence-electron chi connectivity index (χ2n) is 4.91. The Morgan fingerprint density at radius 1 is 1.59 bits per heavy atom. The van der Waals surface area contributed by atoms with Gasteiger partial charge in [-0.3, -0.25) is 9.69 Å². The molecule has 17 heavy (non-hydrogen) atoms. The Morgan fingerprint density at radius 2 is 2.29 bits per heavy atom. The summed E-state index contributed by atoms with van der Waals surface area (Å²) >= 11 is 0. The van der Waals surface area contributed by atoms with Gasteiger partial charge < -0.3 is 15.4 Å². The minimum atomic E-state index is -0.516. The highest BCUT2D eigenvalue weighted by molar-refractivity contribution is 5.75. The standard InChI is InChI=1S/C12H25N3O2/c1-4-17-12(16)11(13)9-15-7-5-6-10(15)8-14(2)3/h10-11H,4-9,13H2,1-3H3. The number of likely N-dealkylation sites (N-methyl/N-ethyl adjacent to an activating group) is 1. The van der Waals surface area contributed by atoms with Gasteiger partial charge in [-0.1, -0.05) is 0 Å². The molecule has 0 aliphatic carbocycles. The first kappa shape index (κ1) is 14.4. The molecule has 1 saturated heterocycles. The molecule has 0 aromatic heterocycles. The first-order valence-electron chi connectivity index (χ1n) is 6.35. The highest BCUT2D eigenvalue weighted by atomic mass is 16.5. The van der Waals surface area contributed by atoms with Crippen molar-refractivity contribution in [2.75, 3.05) is 40.3 Å². The van der Waals surface area contributed by atoms with Crippen molar-refractivity contribution >= 4 is 5.97 Å². The first-order valence-corrected chi connectivity index (χ1v) is 6.35. The van der Waals surface area contributed by atoms with Gasteiger partial charge in [0, 0.05) is 19.1 Å². The quantitative estimate of drug-likeness (QED) is 0.660. The summed E-state index contributed by atoms with van der Waals surface area (Å²) in [5, 5.41) is 0. The number of nitrogens with two attached hydrogens (primary N) is 1. The molecule has 0 amide bonds. The predicted octanol–water partition coefficient (Wildman–Crippen LogP) is -0.0972. The van der Waals surface area contributed by atoms with E-state index in [0.717, 1.165) is 13.1 Å². The van der Waals surface area contributed by atoms with Crippen LogP contribution < -0.4 is 5.73 Å². The van der Waals surface area contributed by atoms with Gasteiger partial charge in [-0.15, -0.1) is 0 Å². The van der Waals surface area contributed by atoms with Crippen LogP contribution in [0.1, 0.15) is 19.8 Å². The maximum atomic E-state index is 11.5. The van der Waals surface area contributed by atoms with Crippen LogP contribution in [-0.4, -0.2) is 68.2 Å². The normalized spacial score (nSPS) is 23.0. The topological polar surface area (TPSA) is 58.8 Å². The average molecular weight is 243 g/mol. The summed E-state index contributed by atoms with van der Waals surface area (Å²) in [6.07, 6.45) is 2.38. The lowest BCUT2D eigenvalue weighted by atomic mass is 10.2. The Hall–Kier alpha value is -0.650. The lowest BCUT2D eigenvalue weighted by Gasteiger charge is -2.28. The smallest absolute Gasteiger partial charge is 0.324 e. The van der Waals surface area contributed by atoms with Crippen molar-refractivity contribution < 1.29 is 9.53 Å². The number of carbonyl (C=O) groups is 1. The fourth-order valence-electron chi connectivity index (χ4n) is 2.34. The molecule has 0 radical (unpaired) electrons. The van der Waals surface area contributed by atoms with Crippen molar-refractivity contribution in [2.24, 2.45) is 5.73 Å². The minimum Gasteiger partial charge on any atom is -0.465 e. The van der Waals surface area contributed by atoms with Gasteiger partial charge in [0.1, 0.15) is 6.04 Å². The Balaban J connectivity index is 2.41. The molecule has 2 atom stereocenters. The molecule has 5 nitrogen and oxygen atoms in total. The highest BCUT2D eigenvalue weighted by Gasteiger charge is 2.28. The molecular weight excluding hydrogens is 218 g/mol. The number of esters is 1. The molecule has 0 spiro atoms. The van der Waals surface area contributed by atoms with Crippen LogP contribution in [0.25, 0.3) is 0 Å². The lowest BCUT2D eigenvalue weighted by molar-refractivity contribution is -0.145. The largest absolute Gasteiger partial charge is 0.465 e. The molecule has 1 aliphatic heterocycles. The van der Waals surface area contributed by atoms with Crippen molar-refractivity contribution in [2.45, 2.75) is 31.8 Å². The molecule has 2 N–H and O–H groups in total. The summed E-state index contributed by atoms with van der Waals surface area (Å²) in [4.78, 5) is 16.0. The van der Waals surface area contributed by atoms with Crippen LogP contribution in [0.2, 0.25) is 0 Å². The third-order valence-corrected chi connectivity index (χ3v) is 3.10. The Bertz CT molecular complexity index is 246. The molecule has 5 heteroatoms. The van der Waals surface area contributed by atoms with Crippen LogP contribution in [0.4, 0.5) is 0 Å². The minimum absolute atomic E-state index is 0.289. The Morgan fingerprint density at radius 3 is 2.88 bits per heavy atom. The lowest BCUT2D eigenvalue weighted by Crippen LogP contribution is -2.47. The van der Waals surface area contributed by atoms with E-state index in [-0.39, 0.29) is 5.97 Å². The summed E-state index contributed by atoms with van der Waals surface area (Å²) in [6, 6.07) is 0.00295. The average Bonchev–Trinajstić information content (AvgIpc) is 2.65. The predicted molar refractivity (Wildman–Crippen MR) is 67.8 cm³/mol. The highest BCUT2D eigenvalue weighted by Crippen LogP contribution is 2.17. The third-order valence-electron chi connectivity index (χ3n) is 3.10. The zero-order chi connectivity index (χ0) is 12.8. The zero-order valence-electron chi connectivity index (χ0n) is 11.2. The van der Waals surface area contributed by atoms with Crippen LogP contribution in [0.3, 0.4) is 0 Å². The zero-order valence-corrected chi connectivity index (χ0v) is 11.2. The molecule has 100 valence electrons. The summed E-state index contributed by atoms with van der Waals surface area (Å²) in [5.74, 6) is -0.289. The molecule has 0 aromatic carbocycles. The molecule has 1 aliphatic rings. The van der Waals surface area contributed by atoms with E-state index in [9.17, 15) is 4.79 Å². The second kappa shape index (κ2) is 6.93. The van der Waals surface area contributed by atoms with Crippen molar-refractivity contribution in [1.29, 1.82) is 0 Å². The first-order chi connectivity index (χ1) is 8.04. The van der Waals surface area contributed by atoms with E-state index in [4.69, 9.17) is 10.5 Å². The summed E-state index contributed by atoms with van der Waals surface area (Å²) in [7, 11) is 4.14. The van der Waals surface area contributed by atoms with Crippen LogP contribution in [0.5, 0.6) is 0 Å². The Kier molecular flexibility index (Phi) is 5.88. The molecule has 0 bridgehead atoms. The van der Waals surface area contributed by atoms with E-state index >= 15 is 0 Å². The number of rotatable bonds is 6. The van der Waals surface area contributed by atoms with Crippen LogP contribution in [0.15, 0.2) is 0 Å². The van der Waals surface area contributed by atoms with Crippen LogP contribution in [-0.2, 0) is 9.53 Å². The number of ether oxygens (including phenoxy) is 1. The van der Waals surface area contributed by atoms with Crippen molar-refractivity contribution in [3.8, 4) is 0 Å². The van der Waals surface area contributed by atoms with Crippen molar-refractivity contribution in [3.63, 3.8) is 0 Å². The van der Waals surface area contributed by atoms with Crippen molar-refractivity contribution in [3.05, 3.63) is 0 Å². The van der Waals surface area contributed by atoms with Gasteiger partial charge in [0.25, 0.3) is 0 Å². The molecule has 2 unspecified atom stereocenters. The molecule has 1 heterocycles. The maximum Gasteiger partial charge on any atom is 0.324 e. The number of nitrogens with zero attached hydrogens (tertiary/aromatic N) is 2. The second-order valence-corrected chi connectivity index (χ2v) is 4.91. The summed E-state index contributed by atoms with van der Waals surface area (Å²) in [6.45, 7) is 4.86. The van der Waals surface area contributed by atoms with E-state index in [1.807, 2.05) is 0 Å². The van der Waals surface area contributed by atoms with E-state index in [1.165, 1.54) is 12.8 Å². The van der Waals surface area contributed by atoms with E-state index in [2.05, 4.69) is 23.9 Å². The summed E-state index contributed by atoms with van der Waals surface area (Å²) < 4.78 is 4.93. The van der Waals surface area contributed by atoms with E-state index in [0.29, 0.717) is 19.2 Å². The number of hydrogen-bond acceptors (Lipinski definition) is 5. The van der Waals surface area contributed by atoms with E-state index < -0.39 is 6.04 Å². The van der Waals surface area contributed by atoms with Crippen molar-refractivity contribution in [1.82, 2.24) is 9.80 Å². The third kappa shape index (κ3) is 4.61. The van der Waals surface area contributed by atoms with E-state index in [1.54, 1.807) is 6.92 Å². The van der Waals surface area contributed by atoms with Gasteiger partial charge in [-0.05, 0) is 40.4 Å². The number of carbonyl (C=O) groups excluding carboxylic acids is 1. The maximum absolute atomic E-state index is 11.5. The van der Waals surface area contributed by atoms with Crippen LogP contribution in [0, 0.1) is 0 Å². The van der Waals surface area contributed by atoms with Gasteiger partial charge >= 0.3 is 5.97 Å². The molecule has 1 fully saturated rings. The fraction of sp³-hybridized carbons (Fsp3) is 0.917. The molecule has 0 aromatic rings. The number of hydrogen-bond donors (Lipinski definition) is 1. The monoisotopic (exact) mass is 243 g/mol. The van der Waals surface area contributed by atoms with Crippen LogP contribution >= 0.6 is 0 Å². The Labute approximate surface area is 104 Å². The molecular formula is C12H25N3O2. The van der Waals surface area contributed by atoms with Gasteiger partial charge in [0.2, 0.25) is 0 Å². The molecule has 0 saturated carbocycles. The van der Waals surface area contributed by atoms with Gasteiger partial charge in [-0.2, -0.15) is 0 Å². The number of likely N-dealkylation sites (tertiary alicyclic amines) is 1. The van der Waals surface area contributed by atoms with Gasteiger partial charge in [0.15, 0.2) is 0 Å². The van der Waals surface area contributed by atoms with Gasteiger partial charge in [-0.25, -0.2) is 0 Å².